The minimum atomic E-state index is -2.43. The molecule has 0 aromatic carbocycles. The molecule has 4 rings (SSSR count). The largest absolute Gasteiger partial charge is 0.394 e. The highest BCUT2D eigenvalue weighted by Gasteiger charge is 2.58. The van der Waals surface area contributed by atoms with Gasteiger partial charge in [0, 0.05) is 0 Å². The minimum absolute atomic E-state index is 0.650. The van der Waals surface area contributed by atoms with Crippen LogP contribution >= 0.6 is 0 Å². The van der Waals surface area contributed by atoms with Crippen LogP contribution in [0.2, 0.25) is 0 Å². The summed E-state index contributed by atoms with van der Waals surface area (Å²) in [6, 6.07) is 0. The second kappa shape index (κ2) is 15.1. The van der Waals surface area contributed by atoms with Crippen molar-refractivity contribution < 1.29 is 105 Å². The molecule has 4 saturated heterocycles. The maximum atomic E-state index is 10.5. The molecule has 0 amide bonds. The molecule has 0 aromatic rings. The average Bonchev–Trinajstić information content (AvgIpc) is 3.28. The molecule has 45 heavy (non-hydrogen) atoms. The number of ether oxygens (including phenoxy) is 7. The Morgan fingerprint density at radius 3 is 1.27 bits per heavy atom. The molecule has 0 unspecified atom stereocenters. The van der Waals surface area contributed by atoms with E-state index in [9.17, 15) is 71.5 Å². The molecule has 4 heterocycles. The summed E-state index contributed by atoms with van der Waals surface area (Å²) in [6.07, 6.45) is -31.4. The van der Waals surface area contributed by atoms with Crippen molar-refractivity contribution >= 4 is 0 Å². The standard InChI is InChI=1S/C24H42O21/c25-1-6-10(28)14(32)17(35)21(41-6)39-3-8-11(29)15(33)18(36)22(42-8)40-4-9-12(30)16(34)19(37)23(43-9)45-24(5-27)20(38)13(31)7(2-26)44-24/h6-23,25-38H,1-5H2/t6-,7+,8-,9-,10-,11+,12+,13-,14+,15+,16+,17-,18-,19-,20-,21-,22-,23+,24-/m0/s1. The molecular weight excluding hydrogens is 624 g/mol. The van der Waals surface area contributed by atoms with Gasteiger partial charge in [0.2, 0.25) is 5.79 Å². The molecule has 4 aliphatic rings. The second-order valence-electron chi connectivity index (χ2n) is 11.3. The van der Waals surface area contributed by atoms with Gasteiger partial charge in [0.15, 0.2) is 18.9 Å². The van der Waals surface area contributed by atoms with E-state index in [4.69, 9.17) is 33.2 Å². The summed E-state index contributed by atoms with van der Waals surface area (Å²) in [5, 5.41) is 141. The molecule has 0 saturated carbocycles. The topological polar surface area (TPSA) is 348 Å². The number of aliphatic hydroxyl groups excluding tert-OH is 14. The molecule has 4 fully saturated rings. The molecule has 21 nitrogen and oxygen atoms in total. The van der Waals surface area contributed by atoms with Gasteiger partial charge >= 0.3 is 0 Å². The van der Waals surface area contributed by atoms with Crippen molar-refractivity contribution in [3.05, 3.63) is 0 Å². The fourth-order valence-corrected chi connectivity index (χ4v) is 5.39. The summed E-state index contributed by atoms with van der Waals surface area (Å²) < 4.78 is 37.6. The first-order chi connectivity index (χ1) is 21.2. The number of hydrogen-bond donors (Lipinski definition) is 14. The van der Waals surface area contributed by atoms with Crippen LogP contribution in [0.4, 0.5) is 0 Å². The first-order valence-corrected chi connectivity index (χ1v) is 14.1. The Morgan fingerprint density at radius 2 is 0.844 bits per heavy atom. The van der Waals surface area contributed by atoms with Crippen molar-refractivity contribution in [1.82, 2.24) is 0 Å². The maximum absolute atomic E-state index is 10.5. The van der Waals surface area contributed by atoms with Crippen molar-refractivity contribution in [3.8, 4) is 0 Å². The zero-order valence-corrected chi connectivity index (χ0v) is 23.5. The molecule has 264 valence electrons. The van der Waals surface area contributed by atoms with Gasteiger partial charge in [-0.2, -0.15) is 0 Å². The summed E-state index contributed by atoms with van der Waals surface area (Å²) in [6.45, 7) is -4.02. The van der Waals surface area contributed by atoms with Crippen LogP contribution in [0.1, 0.15) is 0 Å². The highest BCUT2D eigenvalue weighted by molar-refractivity contribution is 4.99. The Hall–Kier alpha value is -0.840. The Bertz CT molecular complexity index is 931. The smallest absolute Gasteiger partial charge is 0.224 e. The van der Waals surface area contributed by atoms with Crippen LogP contribution < -0.4 is 0 Å². The Kier molecular flexibility index (Phi) is 12.5. The van der Waals surface area contributed by atoms with Crippen LogP contribution in [0.15, 0.2) is 0 Å². The fourth-order valence-electron chi connectivity index (χ4n) is 5.39. The van der Waals surface area contributed by atoms with Gasteiger partial charge in [-0.05, 0) is 0 Å². The van der Waals surface area contributed by atoms with E-state index in [0.29, 0.717) is 0 Å². The van der Waals surface area contributed by atoms with E-state index in [1.807, 2.05) is 0 Å². The quantitative estimate of drug-likeness (QED) is 0.0973. The molecule has 0 radical (unpaired) electrons. The van der Waals surface area contributed by atoms with Gasteiger partial charge in [0.25, 0.3) is 0 Å². The van der Waals surface area contributed by atoms with Gasteiger partial charge in [-0.15, -0.1) is 0 Å². The zero-order chi connectivity index (χ0) is 33.4. The summed E-state index contributed by atoms with van der Waals surface area (Å²) in [5.41, 5.74) is 0. The molecule has 21 heteroatoms. The van der Waals surface area contributed by atoms with Crippen molar-refractivity contribution in [3.63, 3.8) is 0 Å². The third-order valence-electron chi connectivity index (χ3n) is 8.26. The molecule has 0 aliphatic carbocycles. The van der Waals surface area contributed by atoms with E-state index in [1.165, 1.54) is 0 Å². The monoisotopic (exact) mass is 666 g/mol. The molecule has 0 aromatic heterocycles. The van der Waals surface area contributed by atoms with Crippen molar-refractivity contribution in [2.45, 2.75) is 116 Å². The lowest BCUT2D eigenvalue weighted by Crippen LogP contribution is -2.64. The first-order valence-electron chi connectivity index (χ1n) is 14.1. The van der Waals surface area contributed by atoms with Crippen LogP contribution in [-0.2, 0) is 33.2 Å². The highest BCUT2D eigenvalue weighted by Crippen LogP contribution is 2.36. The Labute approximate surface area is 254 Å². The number of aliphatic hydroxyl groups is 14. The van der Waals surface area contributed by atoms with Crippen LogP contribution in [0.25, 0.3) is 0 Å². The summed E-state index contributed by atoms with van der Waals surface area (Å²) in [4.78, 5) is 0. The van der Waals surface area contributed by atoms with Gasteiger partial charge in [0.1, 0.15) is 98.2 Å². The SMILES string of the molecule is OC[C@@H]1O[C@H](OC[C@@H]2O[C@H](OC[C@@H]3O[C@H](O[C@]4(CO)O[C@H](CO)[C@H](O)[C@@H]4O)[C@@H](O)[C@H](O)[C@@H]3O)[C@@H](O)[C@H](O)[C@@H]2O)[C@@H](O)[C@H](O)[C@H]1O. The summed E-state index contributed by atoms with van der Waals surface area (Å²) in [7, 11) is 0. The molecule has 14 N–H and O–H groups in total. The predicted octanol–water partition coefficient (Wildman–Crippen LogP) is -9.75. The fraction of sp³-hybridized carbons (Fsp3) is 1.00. The van der Waals surface area contributed by atoms with Crippen LogP contribution in [0.3, 0.4) is 0 Å². The Morgan fingerprint density at radius 1 is 0.444 bits per heavy atom. The lowest BCUT2D eigenvalue weighted by Gasteiger charge is -2.45. The average molecular weight is 667 g/mol. The van der Waals surface area contributed by atoms with Gasteiger partial charge in [-0.1, -0.05) is 0 Å². The van der Waals surface area contributed by atoms with E-state index in [-0.39, 0.29) is 0 Å². The number of rotatable bonds is 11. The predicted molar refractivity (Wildman–Crippen MR) is 134 cm³/mol. The van der Waals surface area contributed by atoms with Crippen LogP contribution in [0.5, 0.6) is 0 Å². The van der Waals surface area contributed by atoms with Crippen molar-refractivity contribution in [2.24, 2.45) is 0 Å². The number of hydrogen-bond acceptors (Lipinski definition) is 21. The van der Waals surface area contributed by atoms with E-state index in [1.54, 1.807) is 0 Å². The van der Waals surface area contributed by atoms with E-state index in [2.05, 4.69) is 0 Å². The third kappa shape index (κ3) is 7.29. The van der Waals surface area contributed by atoms with Gasteiger partial charge in [-0.25, -0.2) is 0 Å². The van der Waals surface area contributed by atoms with Crippen LogP contribution in [0, 0.1) is 0 Å². The van der Waals surface area contributed by atoms with Gasteiger partial charge in [-0.3, -0.25) is 0 Å². The van der Waals surface area contributed by atoms with E-state index < -0.39 is 149 Å². The zero-order valence-electron chi connectivity index (χ0n) is 23.5. The molecule has 4 aliphatic heterocycles. The minimum Gasteiger partial charge on any atom is -0.394 e. The molecule has 19 atom stereocenters. The van der Waals surface area contributed by atoms with Gasteiger partial charge in [0.05, 0.1) is 26.4 Å². The summed E-state index contributed by atoms with van der Waals surface area (Å²) in [5.74, 6) is -2.43. The molecule has 0 spiro atoms. The summed E-state index contributed by atoms with van der Waals surface area (Å²) >= 11 is 0. The lowest BCUT2D eigenvalue weighted by molar-refractivity contribution is -0.388. The van der Waals surface area contributed by atoms with Crippen molar-refractivity contribution in [2.75, 3.05) is 33.0 Å². The Balaban J connectivity index is 1.39. The third-order valence-corrected chi connectivity index (χ3v) is 8.26. The van der Waals surface area contributed by atoms with E-state index in [0.717, 1.165) is 0 Å². The molecular formula is C24H42O21. The normalized spacial score (nSPS) is 52.7. The van der Waals surface area contributed by atoms with Gasteiger partial charge < -0.3 is 105 Å². The molecule has 0 bridgehead atoms. The van der Waals surface area contributed by atoms with E-state index >= 15 is 0 Å². The second-order valence-corrected chi connectivity index (χ2v) is 11.3. The van der Waals surface area contributed by atoms with Crippen molar-refractivity contribution in [1.29, 1.82) is 0 Å². The maximum Gasteiger partial charge on any atom is 0.224 e. The highest BCUT2D eigenvalue weighted by atomic mass is 16.8. The lowest BCUT2D eigenvalue weighted by atomic mass is 9.98. The first kappa shape index (κ1) is 37.0. The van der Waals surface area contributed by atoms with Crippen LogP contribution in [-0.4, -0.2) is 221 Å².